The summed E-state index contributed by atoms with van der Waals surface area (Å²) in [4.78, 5) is 3.00. The molecule has 0 aliphatic heterocycles. The second kappa shape index (κ2) is 17.4. The Morgan fingerprint density at radius 3 is 1.26 bits per heavy atom. The van der Waals surface area contributed by atoms with Crippen molar-refractivity contribution in [1.82, 2.24) is 0 Å². The van der Waals surface area contributed by atoms with Crippen LogP contribution in [0.3, 0.4) is 0 Å². The Bertz CT molecular complexity index is 3570. The van der Waals surface area contributed by atoms with Crippen molar-refractivity contribution >= 4 is 33.9 Å². The minimum absolute atomic E-state index is 0.524. The third-order valence-electron chi connectivity index (χ3n) is 13.8. The summed E-state index contributed by atoms with van der Waals surface area (Å²) in [5.74, 6) is 0. The van der Waals surface area contributed by atoms with Crippen LogP contribution in [-0.2, 0) is 24.6 Å². The van der Waals surface area contributed by atoms with Crippen LogP contribution in [0.1, 0.15) is 44.5 Å². The van der Waals surface area contributed by atoms with Crippen molar-refractivity contribution in [2.75, 3.05) is 6.26 Å². The average molecular weight is 945 g/mol. The molecule has 0 spiro atoms. The Morgan fingerprint density at radius 2 is 0.754 bits per heavy atom. The van der Waals surface area contributed by atoms with E-state index in [2.05, 4.69) is 237 Å². The molecule has 0 atom stereocenters. The Kier molecular flexibility index (Phi) is 10.9. The van der Waals surface area contributed by atoms with Gasteiger partial charge >= 0.3 is 0 Å². The summed E-state index contributed by atoms with van der Waals surface area (Å²) >= 11 is 2.68. The first kappa shape index (κ1) is 43.1. The van der Waals surface area contributed by atoms with E-state index in [-0.39, 0.29) is 0 Å². The quantitative estimate of drug-likeness (QED) is 0.121. The highest BCUT2D eigenvalue weighted by atomic mass is 32.3. The predicted octanol–water partition coefficient (Wildman–Crippen LogP) is 15.9. The van der Waals surface area contributed by atoms with Crippen molar-refractivity contribution in [2.45, 2.75) is 25.5 Å². The molecule has 10 aromatic rings. The molecule has 69 heavy (non-hydrogen) atoms. The minimum atomic E-state index is -3.80. The Hall–Kier alpha value is -7.19. The largest absolute Gasteiger partial charge is 0.275 e. The van der Waals surface area contributed by atoms with Gasteiger partial charge in [0, 0.05) is 20.2 Å². The second-order valence-corrected chi connectivity index (χ2v) is 21.3. The van der Waals surface area contributed by atoms with Gasteiger partial charge < -0.3 is 0 Å². The zero-order valence-corrected chi connectivity index (χ0v) is 40.1. The fourth-order valence-corrected chi connectivity index (χ4v) is 13.6. The molecule has 0 fully saturated rings. The van der Waals surface area contributed by atoms with Gasteiger partial charge in [-0.3, -0.25) is 0 Å². The number of fused-ring (bicyclic) bond motifs is 6. The van der Waals surface area contributed by atoms with Crippen LogP contribution < -0.4 is 0 Å². The van der Waals surface area contributed by atoms with E-state index in [0.717, 1.165) is 67.7 Å². The molecular weight excluding hydrogens is 901 g/mol. The third kappa shape index (κ3) is 7.04. The van der Waals surface area contributed by atoms with Crippen molar-refractivity contribution in [2.24, 2.45) is 0 Å². The SMILES string of the molecule is CS(=O)(=O)OSc1cccc(-c2ccc(Sc3cccc4c3C(c3ccccc3)(c3ccccc3)c3ccccc3-4)cc2)c1-c1cccc2c1C(c1ccccc1)(c1ccccc1)c1ccccc1-2. The van der Waals surface area contributed by atoms with Crippen LogP contribution >= 0.6 is 23.8 Å². The molecule has 0 N–H and O–H groups in total. The van der Waals surface area contributed by atoms with Crippen LogP contribution in [0.25, 0.3) is 44.5 Å². The zero-order valence-electron chi connectivity index (χ0n) is 37.6. The molecule has 3 nitrogen and oxygen atoms in total. The van der Waals surface area contributed by atoms with E-state index in [1.807, 2.05) is 12.1 Å². The van der Waals surface area contributed by atoms with Gasteiger partial charge in [0.25, 0.3) is 10.1 Å². The standard InChI is InChI=1S/C63H44O3S3/c1-69(64,65)66-68-57-37-19-31-49(59(57)54-34-18-32-52-50-29-14-16-35-55(50)62(60(52)54,44-21-6-2-7-22-44)45-23-8-3-9-24-45)43-39-41-48(42-40-43)67-58-38-20-33-53-51-30-15-17-36-56(51)63(61(53)58,46-25-10-4-11-26-46)47-27-12-5-13-28-47/h2-42H,1H3. The van der Waals surface area contributed by atoms with Gasteiger partial charge in [-0.25, -0.2) is 0 Å². The number of hydrogen-bond acceptors (Lipinski definition) is 5. The third-order valence-corrected chi connectivity index (χ3v) is 16.7. The van der Waals surface area contributed by atoms with Crippen molar-refractivity contribution in [3.8, 4) is 44.5 Å². The van der Waals surface area contributed by atoms with E-state index >= 15 is 0 Å². The van der Waals surface area contributed by atoms with Gasteiger partial charge in [0.1, 0.15) is 0 Å². The van der Waals surface area contributed by atoms with E-state index in [4.69, 9.17) is 3.63 Å². The molecule has 12 rings (SSSR count). The summed E-state index contributed by atoms with van der Waals surface area (Å²) in [7, 11) is -3.80. The van der Waals surface area contributed by atoms with Crippen molar-refractivity contribution < 1.29 is 12.0 Å². The molecule has 0 saturated heterocycles. The van der Waals surface area contributed by atoms with Crippen molar-refractivity contribution in [3.05, 3.63) is 293 Å². The summed E-state index contributed by atoms with van der Waals surface area (Å²) in [6, 6.07) is 89.2. The first-order valence-electron chi connectivity index (χ1n) is 23.0. The fourth-order valence-electron chi connectivity index (χ4n) is 11.3. The maximum Gasteiger partial charge on any atom is 0.275 e. The number of hydrogen-bond donors (Lipinski definition) is 0. The van der Waals surface area contributed by atoms with E-state index in [1.54, 1.807) is 11.8 Å². The summed E-state index contributed by atoms with van der Waals surface area (Å²) in [6.45, 7) is 0. The molecule has 0 aromatic heterocycles. The molecular formula is C63H44O3S3. The molecule has 10 aromatic carbocycles. The zero-order chi connectivity index (χ0) is 46.6. The molecule has 0 bridgehead atoms. The highest BCUT2D eigenvalue weighted by Crippen LogP contribution is 2.61. The van der Waals surface area contributed by atoms with Crippen LogP contribution in [0, 0.1) is 0 Å². The lowest BCUT2D eigenvalue weighted by molar-refractivity contribution is 0.525. The first-order valence-corrected chi connectivity index (χ1v) is 26.4. The second-order valence-electron chi connectivity index (χ2n) is 17.6. The lowest BCUT2D eigenvalue weighted by atomic mass is 9.66. The van der Waals surface area contributed by atoms with Gasteiger partial charge in [-0.05, 0) is 108 Å². The monoisotopic (exact) mass is 944 g/mol. The predicted molar refractivity (Wildman–Crippen MR) is 284 cm³/mol. The topological polar surface area (TPSA) is 43.4 Å². The van der Waals surface area contributed by atoms with Gasteiger partial charge in [0.2, 0.25) is 0 Å². The molecule has 2 aliphatic rings. The molecule has 0 unspecified atom stereocenters. The van der Waals surface area contributed by atoms with Gasteiger partial charge in [-0.15, -0.1) is 0 Å². The van der Waals surface area contributed by atoms with Crippen molar-refractivity contribution in [3.63, 3.8) is 0 Å². The van der Waals surface area contributed by atoms with Crippen molar-refractivity contribution in [1.29, 1.82) is 0 Å². The minimum Gasteiger partial charge on any atom is -0.199 e. The smallest absolute Gasteiger partial charge is 0.199 e. The molecule has 2 aliphatic carbocycles. The van der Waals surface area contributed by atoms with Crippen LogP contribution in [0.2, 0.25) is 0 Å². The van der Waals surface area contributed by atoms with E-state index in [9.17, 15) is 8.42 Å². The maximum absolute atomic E-state index is 12.7. The molecule has 6 heteroatoms. The Balaban J connectivity index is 1.03. The number of rotatable bonds is 11. The Labute approximate surface area is 412 Å². The average Bonchev–Trinajstić information content (AvgIpc) is 3.89. The van der Waals surface area contributed by atoms with Crippen LogP contribution in [0.4, 0.5) is 0 Å². The summed E-state index contributed by atoms with van der Waals surface area (Å²) < 4.78 is 31.0. The van der Waals surface area contributed by atoms with Crippen LogP contribution in [-0.4, -0.2) is 14.7 Å². The summed E-state index contributed by atoms with van der Waals surface area (Å²) in [5.41, 5.74) is 17.1. The van der Waals surface area contributed by atoms with E-state index in [0.29, 0.717) is 4.90 Å². The number of benzene rings is 10. The highest BCUT2D eigenvalue weighted by Gasteiger charge is 2.49. The molecule has 332 valence electrons. The van der Waals surface area contributed by atoms with Gasteiger partial charge in [-0.1, -0.05) is 236 Å². The summed E-state index contributed by atoms with van der Waals surface area (Å²) in [6.07, 6.45) is 1.09. The van der Waals surface area contributed by atoms with E-state index in [1.165, 1.54) is 49.4 Å². The molecule has 0 heterocycles. The first-order chi connectivity index (χ1) is 33.9. The van der Waals surface area contributed by atoms with Crippen LogP contribution in [0.5, 0.6) is 0 Å². The van der Waals surface area contributed by atoms with Gasteiger partial charge in [-0.2, -0.15) is 12.0 Å². The van der Waals surface area contributed by atoms with Gasteiger partial charge in [0.05, 0.1) is 29.1 Å². The molecule has 0 radical (unpaired) electrons. The molecule has 0 amide bonds. The normalized spacial score (nSPS) is 13.8. The highest BCUT2D eigenvalue weighted by molar-refractivity contribution is 8.04. The van der Waals surface area contributed by atoms with Gasteiger partial charge in [0.15, 0.2) is 0 Å². The maximum atomic E-state index is 12.7. The van der Waals surface area contributed by atoms with E-state index < -0.39 is 20.9 Å². The summed E-state index contributed by atoms with van der Waals surface area (Å²) in [5, 5.41) is 0. The molecule has 0 saturated carbocycles. The van der Waals surface area contributed by atoms with Crippen LogP contribution in [0.15, 0.2) is 263 Å². The lowest BCUT2D eigenvalue weighted by Crippen LogP contribution is -2.29. The lowest BCUT2D eigenvalue weighted by Gasteiger charge is -2.35. The fraction of sp³-hybridized carbons (Fsp3) is 0.0476. The Morgan fingerprint density at radius 1 is 0.362 bits per heavy atom.